The normalized spacial score (nSPS) is 16.2. The van der Waals surface area contributed by atoms with Crippen molar-refractivity contribution in [2.24, 2.45) is 9.81 Å². The van der Waals surface area contributed by atoms with Gasteiger partial charge >= 0.3 is 0 Å². The molecule has 0 fully saturated rings. The standard InChI is InChI=1S/C21H25IN4O5S/c1-21(2,3)18(15-9-10-16(22)31-15)23-14-11-32(29,30)25-19(14)24-13-8-6-7-12(17(13)27)20(28)26(4)5/h6-11,18,23,27H,1-5H3,(H,24,25)/t18-/m0/s1. The molecule has 172 valence electrons. The number of phenols is 1. The largest absolute Gasteiger partial charge is 0.505 e. The van der Waals surface area contributed by atoms with Crippen molar-refractivity contribution in [2.45, 2.75) is 26.8 Å². The number of phenolic OH excluding ortho intramolecular Hbond substituents is 1. The molecule has 1 aromatic heterocycles. The summed E-state index contributed by atoms with van der Waals surface area (Å²) in [6.07, 6.45) is 0. The van der Waals surface area contributed by atoms with E-state index >= 15 is 0 Å². The van der Waals surface area contributed by atoms with Crippen molar-refractivity contribution in [1.29, 1.82) is 0 Å². The zero-order valence-electron chi connectivity index (χ0n) is 18.3. The Morgan fingerprint density at radius 2 is 1.91 bits per heavy atom. The van der Waals surface area contributed by atoms with E-state index in [-0.39, 0.29) is 45.9 Å². The highest BCUT2D eigenvalue weighted by molar-refractivity contribution is 14.1. The number of amides is 1. The first kappa shape index (κ1) is 24.1. The molecule has 1 atom stereocenters. The molecule has 2 aromatic rings. The Hall–Kier alpha value is -2.54. The van der Waals surface area contributed by atoms with Gasteiger partial charge < -0.3 is 25.1 Å². The topological polar surface area (TPSA) is 124 Å². The molecule has 1 aliphatic rings. The summed E-state index contributed by atoms with van der Waals surface area (Å²) < 4.78 is 34.8. The molecular weight excluding hydrogens is 547 g/mol. The number of furan rings is 1. The van der Waals surface area contributed by atoms with Crippen molar-refractivity contribution in [3.8, 4) is 5.75 Å². The fourth-order valence-corrected chi connectivity index (χ4v) is 4.50. The van der Waals surface area contributed by atoms with Crippen molar-refractivity contribution in [2.75, 3.05) is 19.4 Å². The molecule has 0 spiro atoms. The number of nitrogens with one attached hydrogen (secondary N) is 2. The molecule has 0 radical (unpaired) electrons. The van der Waals surface area contributed by atoms with Gasteiger partial charge in [-0.25, -0.2) is 0 Å². The number of carbonyl (C=O) groups excluding carboxylic acids is 1. The van der Waals surface area contributed by atoms with Crippen molar-refractivity contribution in [3.63, 3.8) is 0 Å². The quantitative estimate of drug-likeness (QED) is 0.369. The third-order valence-corrected chi connectivity index (χ3v) is 6.26. The number of hydrogen-bond acceptors (Lipinski definition) is 7. The van der Waals surface area contributed by atoms with Crippen LogP contribution in [0.2, 0.25) is 0 Å². The van der Waals surface area contributed by atoms with Gasteiger partial charge in [0.05, 0.1) is 28.4 Å². The van der Waals surface area contributed by atoms with Gasteiger partial charge in [-0.05, 0) is 52.3 Å². The highest BCUT2D eigenvalue weighted by Gasteiger charge is 2.33. The Labute approximate surface area is 200 Å². The van der Waals surface area contributed by atoms with Gasteiger partial charge in [-0.2, -0.15) is 8.42 Å². The molecule has 0 bridgehead atoms. The van der Waals surface area contributed by atoms with E-state index in [1.54, 1.807) is 20.2 Å². The number of sulfonamides is 1. The first-order valence-corrected chi connectivity index (χ1v) is 12.3. The summed E-state index contributed by atoms with van der Waals surface area (Å²) in [6, 6.07) is 7.90. The molecule has 0 unspecified atom stereocenters. The second-order valence-corrected chi connectivity index (χ2v) is 11.1. The van der Waals surface area contributed by atoms with Crippen LogP contribution in [0.4, 0.5) is 5.69 Å². The molecule has 2 heterocycles. The predicted octanol–water partition coefficient (Wildman–Crippen LogP) is 3.66. The molecule has 11 heteroatoms. The Kier molecular flexibility index (Phi) is 6.61. The molecule has 3 N–H and O–H groups in total. The molecule has 3 rings (SSSR count). The lowest BCUT2D eigenvalue weighted by Gasteiger charge is -2.31. The lowest BCUT2D eigenvalue weighted by atomic mass is 9.85. The summed E-state index contributed by atoms with van der Waals surface area (Å²) >= 11 is 2.07. The average Bonchev–Trinajstić information content (AvgIpc) is 3.21. The lowest BCUT2D eigenvalue weighted by molar-refractivity contribution is 0.0824. The fourth-order valence-electron chi connectivity index (χ4n) is 3.14. The third kappa shape index (κ3) is 5.26. The van der Waals surface area contributed by atoms with E-state index < -0.39 is 10.0 Å². The number of benzene rings is 1. The van der Waals surface area contributed by atoms with Crippen LogP contribution in [-0.2, 0) is 10.0 Å². The van der Waals surface area contributed by atoms with Crippen LogP contribution in [-0.4, -0.2) is 44.3 Å². The number of carbonyl (C=O) groups is 1. The number of nitrogens with zero attached hydrogens (tertiary/aromatic N) is 2. The molecule has 0 aliphatic carbocycles. The molecule has 0 saturated heterocycles. The van der Waals surface area contributed by atoms with Crippen LogP contribution in [0.5, 0.6) is 5.75 Å². The summed E-state index contributed by atoms with van der Waals surface area (Å²) in [5.74, 6) is -0.0372. The maximum atomic E-state index is 12.3. The minimum Gasteiger partial charge on any atom is -0.505 e. The minimum atomic E-state index is -3.87. The van der Waals surface area contributed by atoms with Crippen molar-refractivity contribution in [3.05, 3.63) is 56.5 Å². The van der Waals surface area contributed by atoms with E-state index in [1.165, 1.54) is 17.0 Å². The zero-order valence-corrected chi connectivity index (χ0v) is 21.3. The van der Waals surface area contributed by atoms with E-state index in [0.29, 0.717) is 9.53 Å². The van der Waals surface area contributed by atoms with Gasteiger partial charge in [0.2, 0.25) is 0 Å². The van der Waals surface area contributed by atoms with Crippen LogP contribution in [0.1, 0.15) is 42.9 Å². The monoisotopic (exact) mass is 572 g/mol. The molecule has 32 heavy (non-hydrogen) atoms. The van der Waals surface area contributed by atoms with Gasteiger partial charge in [-0.15, -0.1) is 4.40 Å². The van der Waals surface area contributed by atoms with E-state index in [2.05, 4.69) is 37.6 Å². The second kappa shape index (κ2) is 8.77. The Morgan fingerprint density at radius 1 is 1.22 bits per heavy atom. The number of rotatable bonds is 5. The Balaban J connectivity index is 1.95. The second-order valence-electron chi connectivity index (χ2n) is 8.60. The van der Waals surface area contributed by atoms with Gasteiger partial charge in [0.1, 0.15) is 5.76 Å². The lowest BCUT2D eigenvalue weighted by Crippen LogP contribution is -2.35. The zero-order chi connectivity index (χ0) is 23.8. The predicted molar refractivity (Wildman–Crippen MR) is 131 cm³/mol. The average molecular weight is 572 g/mol. The maximum Gasteiger partial charge on any atom is 0.279 e. The number of amidine groups is 1. The molecule has 9 nitrogen and oxygen atoms in total. The summed E-state index contributed by atoms with van der Waals surface area (Å²) in [7, 11) is -0.729. The van der Waals surface area contributed by atoms with E-state index in [1.807, 2.05) is 32.9 Å². The van der Waals surface area contributed by atoms with Crippen LogP contribution < -0.4 is 10.6 Å². The van der Waals surface area contributed by atoms with Gasteiger partial charge in [0.25, 0.3) is 15.9 Å². The summed E-state index contributed by atoms with van der Waals surface area (Å²) in [5.41, 5.74) is 0.123. The number of aromatic hydroxyl groups is 1. The van der Waals surface area contributed by atoms with Gasteiger partial charge in [-0.3, -0.25) is 4.79 Å². The molecular formula is C21H25IN4O5S. The van der Waals surface area contributed by atoms with E-state index in [9.17, 15) is 18.3 Å². The summed E-state index contributed by atoms with van der Waals surface area (Å²) in [6.45, 7) is 5.99. The number of hydrogen-bond donors (Lipinski definition) is 3. The van der Waals surface area contributed by atoms with Crippen LogP contribution in [0.25, 0.3) is 0 Å². The minimum absolute atomic E-state index is 0.00487. The van der Waals surface area contributed by atoms with Crippen LogP contribution >= 0.6 is 22.6 Å². The van der Waals surface area contributed by atoms with Crippen molar-refractivity contribution >= 4 is 50.0 Å². The van der Waals surface area contributed by atoms with Crippen LogP contribution in [0.15, 0.2) is 50.3 Å². The van der Waals surface area contributed by atoms with Gasteiger partial charge in [-0.1, -0.05) is 26.8 Å². The van der Waals surface area contributed by atoms with Gasteiger partial charge in [0.15, 0.2) is 15.4 Å². The summed E-state index contributed by atoms with van der Waals surface area (Å²) in [4.78, 5) is 13.6. The number of halogens is 1. The number of para-hydroxylation sites is 1. The highest BCUT2D eigenvalue weighted by Crippen LogP contribution is 2.36. The molecule has 1 aliphatic heterocycles. The fraction of sp³-hybridized carbons (Fsp3) is 0.333. The van der Waals surface area contributed by atoms with E-state index in [0.717, 1.165) is 5.41 Å². The summed E-state index contributed by atoms with van der Waals surface area (Å²) in [5, 5.41) is 17.7. The molecule has 1 amide bonds. The van der Waals surface area contributed by atoms with Crippen LogP contribution in [0.3, 0.4) is 0 Å². The SMILES string of the molecule is CN(C)C(=O)c1cccc(NC2=NS(=O)(=O)C=C2N[C@@H](c2ccc(I)o2)C(C)(C)C)c1O. The Morgan fingerprint density at radius 3 is 2.47 bits per heavy atom. The highest BCUT2D eigenvalue weighted by atomic mass is 127. The van der Waals surface area contributed by atoms with Crippen LogP contribution in [0, 0.1) is 9.18 Å². The van der Waals surface area contributed by atoms with E-state index in [4.69, 9.17) is 4.42 Å². The molecule has 0 saturated carbocycles. The van der Waals surface area contributed by atoms with Crippen molar-refractivity contribution < 1.29 is 22.7 Å². The maximum absolute atomic E-state index is 12.3. The molecule has 1 aromatic carbocycles. The van der Waals surface area contributed by atoms with Crippen molar-refractivity contribution in [1.82, 2.24) is 10.2 Å². The number of anilines is 1. The third-order valence-electron chi connectivity index (χ3n) is 4.71. The first-order valence-electron chi connectivity index (χ1n) is 9.68. The smallest absolute Gasteiger partial charge is 0.279 e. The van der Waals surface area contributed by atoms with Gasteiger partial charge in [0, 0.05) is 14.1 Å². The first-order chi connectivity index (χ1) is 14.8. The Bertz CT molecular complexity index is 1210.